The molecule has 14 heavy (non-hydrogen) atoms. The summed E-state index contributed by atoms with van der Waals surface area (Å²) in [5.74, 6) is -1.31. The van der Waals surface area contributed by atoms with E-state index in [-0.39, 0.29) is 12.5 Å². The van der Waals surface area contributed by atoms with Crippen molar-refractivity contribution >= 4 is 11.9 Å². The van der Waals surface area contributed by atoms with Crippen LogP contribution in [0.1, 0.15) is 33.1 Å². The fourth-order valence-electron chi connectivity index (χ4n) is 1.27. The highest BCUT2D eigenvalue weighted by Crippen LogP contribution is 2.00. The fourth-order valence-corrected chi connectivity index (χ4v) is 1.27. The average molecular weight is 202 g/mol. The highest BCUT2D eigenvalue weighted by Gasteiger charge is 2.18. The number of carbonyl (C=O) groups is 2. The second-order valence-corrected chi connectivity index (χ2v) is 3.42. The molecule has 0 spiro atoms. The Hall–Kier alpha value is -1.10. The van der Waals surface area contributed by atoms with E-state index in [4.69, 9.17) is 10.8 Å². The van der Waals surface area contributed by atoms with E-state index in [9.17, 15) is 9.59 Å². The van der Waals surface area contributed by atoms with E-state index in [2.05, 4.69) is 5.32 Å². The van der Waals surface area contributed by atoms with Gasteiger partial charge < -0.3 is 16.2 Å². The molecule has 0 aliphatic carbocycles. The minimum absolute atomic E-state index is 0.160. The predicted molar refractivity (Wildman–Crippen MR) is 52.7 cm³/mol. The Morgan fingerprint density at radius 1 is 1.50 bits per heavy atom. The molecule has 1 amide bonds. The van der Waals surface area contributed by atoms with Crippen LogP contribution in [0.2, 0.25) is 0 Å². The number of nitrogens with one attached hydrogen (secondary N) is 1. The molecule has 5 nitrogen and oxygen atoms in total. The maximum Gasteiger partial charge on any atom is 0.320 e. The van der Waals surface area contributed by atoms with E-state index < -0.39 is 17.9 Å². The first kappa shape index (κ1) is 12.9. The van der Waals surface area contributed by atoms with Crippen LogP contribution in [0.15, 0.2) is 0 Å². The van der Waals surface area contributed by atoms with Gasteiger partial charge in [-0.25, -0.2) is 0 Å². The molecule has 0 saturated heterocycles. The maximum absolute atomic E-state index is 10.7. The molecular formula is C9H18N2O3. The van der Waals surface area contributed by atoms with Gasteiger partial charge >= 0.3 is 5.97 Å². The summed E-state index contributed by atoms with van der Waals surface area (Å²) >= 11 is 0. The van der Waals surface area contributed by atoms with Crippen LogP contribution in [0.5, 0.6) is 0 Å². The summed E-state index contributed by atoms with van der Waals surface area (Å²) in [6.07, 6.45) is 1.50. The molecule has 0 rings (SSSR count). The SMILES string of the molecule is CCCC(NC(C)CC(N)=O)C(=O)O. The molecule has 4 N–H and O–H groups in total. The highest BCUT2D eigenvalue weighted by atomic mass is 16.4. The van der Waals surface area contributed by atoms with Crippen molar-refractivity contribution in [2.45, 2.75) is 45.2 Å². The maximum atomic E-state index is 10.7. The zero-order valence-electron chi connectivity index (χ0n) is 8.62. The second kappa shape index (κ2) is 6.37. The number of carboxylic acids is 1. The molecule has 0 bridgehead atoms. The van der Waals surface area contributed by atoms with Crippen molar-refractivity contribution in [2.75, 3.05) is 0 Å². The number of carboxylic acid groups (broad SMARTS) is 1. The first-order valence-corrected chi connectivity index (χ1v) is 4.74. The van der Waals surface area contributed by atoms with Crippen LogP contribution < -0.4 is 11.1 Å². The first-order valence-electron chi connectivity index (χ1n) is 4.74. The molecule has 0 aromatic rings. The van der Waals surface area contributed by atoms with Crippen LogP contribution in [0, 0.1) is 0 Å². The molecule has 0 aromatic carbocycles. The van der Waals surface area contributed by atoms with E-state index >= 15 is 0 Å². The number of aliphatic carboxylic acids is 1. The van der Waals surface area contributed by atoms with Gasteiger partial charge in [0.05, 0.1) is 0 Å². The smallest absolute Gasteiger partial charge is 0.320 e. The quantitative estimate of drug-likeness (QED) is 0.545. The van der Waals surface area contributed by atoms with Gasteiger partial charge in [-0.15, -0.1) is 0 Å². The molecule has 0 saturated carbocycles. The van der Waals surface area contributed by atoms with Gasteiger partial charge in [0.2, 0.25) is 5.91 Å². The summed E-state index contributed by atoms with van der Waals surface area (Å²) in [6.45, 7) is 3.66. The first-order chi connectivity index (χ1) is 6.47. The van der Waals surface area contributed by atoms with E-state index in [0.717, 1.165) is 6.42 Å². The van der Waals surface area contributed by atoms with E-state index in [1.807, 2.05) is 6.92 Å². The molecule has 0 heterocycles. The lowest BCUT2D eigenvalue weighted by Crippen LogP contribution is -2.43. The lowest BCUT2D eigenvalue weighted by Gasteiger charge is -2.18. The van der Waals surface area contributed by atoms with Crippen molar-refractivity contribution in [3.05, 3.63) is 0 Å². The summed E-state index contributed by atoms with van der Waals surface area (Å²) < 4.78 is 0. The van der Waals surface area contributed by atoms with Gasteiger partial charge in [-0.1, -0.05) is 13.3 Å². The van der Waals surface area contributed by atoms with Crippen LogP contribution in [-0.4, -0.2) is 29.1 Å². The van der Waals surface area contributed by atoms with E-state index in [1.54, 1.807) is 6.92 Å². The lowest BCUT2D eigenvalue weighted by molar-refractivity contribution is -0.140. The third-order valence-electron chi connectivity index (χ3n) is 1.87. The van der Waals surface area contributed by atoms with Crippen LogP contribution in [-0.2, 0) is 9.59 Å². The third-order valence-corrected chi connectivity index (χ3v) is 1.87. The number of hydrogen-bond donors (Lipinski definition) is 3. The Kier molecular flexibility index (Phi) is 5.87. The molecule has 0 aromatic heterocycles. The van der Waals surface area contributed by atoms with Gasteiger partial charge in [0.25, 0.3) is 0 Å². The normalized spacial score (nSPS) is 14.7. The van der Waals surface area contributed by atoms with Gasteiger partial charge in [-0.2, -0.15) is 0 Å². The summed E-state index contributed by atoms with van der Waals surface area (Å²) in [6, 6.07) is -0.783. The van der Waals surface area contributed by atoms with Gasteiger partial charge in [0.15, 0.2) is 0 Å². The van der Waals surface area contributed by atoms with Crippen LogP contribution in [0.3, 0.4) is 0 Å². The molecule has 82 valence electrons. The Balaban J connectivity index is 4.01. The van der Waals surface area contributed by atoms with Crippen LogP contribution >= 0.6 is 0 Å². The molecule has 2 atom stereocenters. The van der Waals surface area contributed by atoms with Crippen molar-refractivity contribution in [1.29, 1.82) is 0 Å². The molecule has 0 aliphatic heterocycles. The molecule has 2 unspecified atom stereocenters. The minimum atomic E-state index is -0.886. The molecular weight excluding hydrogens is 184 g/mol. The predicted octanol–water partition coefficient (Wildman–Crippen LogP) is 0.0932. The summed E-state index contributed by atoms with van der Waals surface area (Å²) in [4.78, 5) is 21.3. The largest absolute Gasteiger partial charge is 0.480 e. The zero-order chi connectivity index (χ0) is 11.1. The second-order valence-electron chi connectivity index (χ2n) is 3.42. The topological polar surface area (TPSA) is 92.4 Å². The van der Waals surface area contributed by atoms with E-state index in [1.165, 1.54) is 0 Å². The standard InChI is InChI=1S/C9H18N2O3/c1-3-4-7(9(13)14)11-6(2)5-8(10)12/h6-7,11H,3-5H2,1-2H3,(H2,10,12)(H,13,14). The number of primary amides is 1. The van der Waals surface area contributed by atoms with Gasteiger partial charge in [-0.3, -0.25) is 9.59 Å². The van der Waals surface area contributed by atoms with Crippen LogP contribution in [0.4, 0.5) is 0 Å². The summed E-state index contributed by atoms with van der Waals surface area (Å²) in [7, 11) is 0. The number of nitrogens with two attached hydrogens (primary N) is 1. The minimum Gasteiger partial charge on any atom is -0.480 e. The fraction of sp³-hybridized carbons (Fsp3) is 0.778. The average Bonchev–Trinajstić information content (AvgIpc) is 2.01. The Morgan fingerprint density at radius 2 is 2.07 bits per heavy atom. The van der Waals surface area contributed by atoms with Crippen molar-refractivity contribution < 1.29 is 14.7 Å². The molecule has 0 fully saturated rings. The third kappa shape index (κ3) is 5.53. The number of carbonyl (C=O) groups excluding carboxylic acids is 1. The summed E-state index contributed by atoms with van der Waals surface area (Å²) in [5, 5.41) is 11.7. The Bertz CT molecular complexity index is 206. The summed E-state index contributed by atoms with van der Waals surface area (Å²) in [5.41, 5.74) is 4.99. The van der Waals surface area contributed by atoms with Crippen molar-refractivity contribution in [3.8, 4) is 0 Å². The monoisotopic (exact) mass is 202 g/mol. The number of hydrogen-bond acceptors (Lipinski definition) is 3. The number of amides is 1. The number of rotatable bonds is 7. The molecule has 0 aliphatic rings. The van der Waals surface area contributed by atoms with Crippen molar-refractivity contribution in [2.24, 2.45) is 5.73 Å². The van der Waals surface area contributed by atoms with Crippen molar-refractivity contribution in [3.63, 3.8) is 0 Å². The van der Waals surface area contributed by atoms with Gasteiger partial charge in [0, 0.05) is 12.5 Å². The lowest BCUT2D eigenvalue weighted by atomic mass is 10.1. The highest BCUT2D eigenvalue weighted by molar-refractivity contribution is 5.75. The molecule has 0 radical (unpaired) electrons. The Morgan fingerprint density at radius 3 is 2.43 bits per heavy atom. The molecule has 5 heteroatoms. The zero-order valence-corrected chi connectivity index (χ0v) is 8.62. The van der Waals surface area contributed by atoms with Gasteiger partial charge in [-0.05, 0) is 13.3 Å². The van der Waals surface area contributed by atoms with E-state index in [0.29, 0.717) is 6.42 Å². The Labute approximate surface area is 83.7 Å². The van der Waals surface area contributed by atoms with Gasteiger partial charge in [0.1, 0.15) is 6.04 Å². The van der Waals surface area contributed by atoms with Crippen LogP contribution in [0.25, 0.3) is 0 Å². The van der Waals surface area contributed by atoms with Crippen molar-refractivity contribution in [1.82, 2.24) is 5.32 Å².